The third-order valence-corrected chi connectivity index (χ3v) is 5.96. The van der Waals surface area contributed by atoms with Crippen LogP contribution in [0.4, 0.5) is 5.82 Å². The summed E-state index contributed by atoms with van der Waals surface area (Å²) in [6.45, 7) is 5.89. The third-order valence-electron chi connectivity index (χ3n) is 5.96. The largest absolute Gasteiger partial charge is 0.468 e. The van der Waals surface area contributed by atoms with E-state index in [0.717, 1.165) is 75.9 Å². The number of carbonyl (C=O) groups excluding carboxylic acids is 1. The van der Waals surface area contributed by atoms with Gasteiger partial charge in [-0.15, -0.1) is 15.3 Å². The zero-order valence-corrected chi connectivity index (χ0v) is 16.4. The average Bonchev–Trinajstić information content (AvgIpc) is 3.45. The Morgan fingerprint density at radius 1 is 1.07 bits per heavy atom. The van der Waals surface area contributed by atoms with Gasteiger partial charge in [-0.2, -0.15) is 4.52 Å². The number of amides is 1. The van der Waals surface area contributed by atoms with E-state index in [4.69, 9.17) is 4.42 Å². The van der Waals surface area contributed by atoms with E-state index in [1.165, 1.54) is 0 Å². The van der Waals surface area contributed by atoms with Gasteiger partial charge in [0.25, 0.3) is 0 Å². The lowest BCUT2D eigenvalue weighted by Gasteiger charge is -2.38. The molecule has 0 bridgehead atoms. The molecule has 2 saturated heterocycles. The summed E-state index contributed by atoms with van der Waals surface area (Å²) in [6.07, 6.45) is 5.06. The molecule has 3 aromatic heterocycles. The first-order valence-electron chi connectivity index (χ1n) is 10.2. The van der Waals surface area contributed by atoms with Gasteiger partial charge < -0.3 is 14.2 Å². The van der Waals surface area contributed by atoms with Crippen molar-refractivity contribution in [1.82, 2.24) is 29.6 Å². The number of piperidine rings is 1. The van der Waals surface area contributed by atoms with Gasteiger partial charge in [-0.05, 0) is 37.1 Å². The van der Waals surface area contributed by atoms with Crippen molar-refractivity contribution in [2.45, 2.75) is 19.4 Å². The van der Waals surface area contributed by atoms with Crippen LogP contribution in [0.15, 0.2) is 41.3 Å². The predicted octanol–water partition coefficient (Wildman–Crippen LogP) is 1.28. The predicted molar refractivity (Wildman–Crippen MR) is 106 cm³/mol. The standard InChI is InChI=1S/C20H25N7O2/c28-20(26-11-9-24(10-12-26)14-17-2-1-13-29-17)16-5-7-25(8-6-16)19-4-3-18-22-21-15-27(18)23-19/h1-4,13,15-16H,5-12,14H2. The van der Waals surface area contributed by atoms with E-state index < -0.39 is 0 Å². The minimum Gasteiger partial charge on any atom is -0.468 e. The molecule has 2 aliphatic heterocycles. The van der Waals surface area contributed by atoms with Crippen LogP contribution in [0.1, 0.15) is 18.6 Å². The van der Waals surface area contributed by atoms with Gasteiger partial charge in [-0.1, -0.05) is 0 Å². The number of hydrogen-bond acceptors (Lipinski definition) is 7. The highest BCUT2D eigenvalue weighted by Crippen LogP contribution is 2.24. The van der Waals surface area contributed by atoms with Crippen LogP contribution in [0.5, 0.6) is 0 Å². The first-order chi connectivity index (χ1) is 14.3. The molecule has 0 unspecified atom stereocenters. The number of fused-ring (bicyclic) bond motifs is 1. The molecule has 0 spiro atoms. The molecule has 0 aliphatic carbocycles. The van der Waals surface area contributed by atoms with Gasteiger partial charge in [-0.3, -0.25) is 9.69 Å². The van der Waals surface area contributed by atoms with Crippen molar-refractivity contribution >= 4 is 17.4 Å². The summed E-state index contributed by atoms with van der Waals surface area (Å²) in [4.78, 5) is 19.6. The first kappa shape index (κ1) is 18.1. The van der Waals surface area contributed by atoms with Crippen molar-refractivity contribution in [1.29, 1.82) is 0 Å². The maximum atomic E-state index is 13.0. The number of carbonyl (C=O) groups is 1. The van der Waals surface area contributed by atoms with Gasteiger partial charge in [-0.25, -0.2) is 0 Å². The average molecular weight is 395 g/mol. The Kier molecular flexibility index (Phi) is 4.89. The van der Waals surface area contributed by atoms with Crippen molar-refractivity contribution in [2.24, 2.45) is 5.92 Å². The van der Waals surface area contributed by atoms with E-state index in [1.54, 1.807) is 17.1 Å². The molecule has 0 N–H and O–H groups in total. The highest BCUT2D eigenvalue weighted by Gasteiger charge is 2.31. The quantitative estimate of drug-likeness (QED) is 0.658. The van der Waals surface area contributed by atoms with Gasteiger partial charge in [0.15, 0.2) is 5.65 Å². The van der Waals surface area contributed by atoms with Gasteiger partial charge in [0.1, 0.15) is 17.9 Å². The summed E-state index contributed by atoms with van der Waals surface area (Å²) < 4.78 is 7.12. The van der Waals surface area contributed by atoms with Crippen molar-refractivity contribution < 1.29 is 9.21 Å². The summed E-state index contributed by atoms with van der Waals surface area (Å²) in [6, 6.07) is 7.82. The Labute approximate surface area is 168 Å². The van der Waals surface area contributed by atoms with E-state index in [9.17, 15) is 4.79 Å². The molecule has 5 heterocycles. The lowest BCUT2D eigenvalue weighted by atomic mass is 9.95. The molecule has 29 heavy (non-hydrogen) atoms. The summed E-state index contributed by atoms with van der Waals surface area (Å²) in [5.41, 5.74) is 0.741. The molecule has 0 saturated carbocycles. The number of rotatable bonds is 4. The summed E-state index contributed by atoms with van der Waals surface area (Å²) >= 11 is 0. The molecule has 9 heteroatoms. The Balaban J connectivity index is 1.12. The van der Waals surface area contributed by atoms with Crippen LogP contribution in [0.2, 0.25) is 0 Å². The van der Waals surface area contributed by atoms with Crippen LogP contribution in [0.3, 0.4) is 0 Å². The van der Waals surface area contributed by atoms with Crippen LogP contribution in [0, 0.1) is 5.92 Å². The summed E-state index contributed by atoms with van der Waals surface area (Å²) in [5, 5.41) is 12.4. The molecule has 152 valence electrons. The molecule has 2 aliphatic rings. The smallest absolute Gasteiger partial charge is 0.225 e. The molecule has 0 atom stereocenters. The Hall–Kier alpha value is -2.94. The van der Waals surface area contributed by atoms with Crippen molar-refractivity contribution in [3.63, 3.8) is 0 Å². The van der Waals surface area contributed by atoms with Gasteiger partial charge in [0.05, 0.1) is 12.8 Å². The Morgan fingerprint density at radius 3 is 2.66 bits per heavy atom. The van der Waals surface area contributed by atoms with Crippen LogP contribution < -0.4 is 4.90 Å². The molecule has 0 radical (unpaired) electrons. The second kappa shape index (κ2) is 7.82. The lowest BCUT2D eigenvalue weighted by molar-refractivity contribution is -0.138. The van der Waals surface area contributed by atoms with Crippen LogP contribution in [-0.2, 0) is 11.3 Å². The SMILES string of the molecule is O=C(C1CCN(c2ccc3nncn3n2)CC1)N1CCN(Cc2ccco2)CC1. The highest BCUT2D eigenvalue weighted by atomic mass is 16.3. The topological polar surface area (TPSA) is 83.0 Å². The monoisotopic (exact) mass is 395 g/mol. The first-order valence-corrected chi connectivity index (χ1v) is 10.2. The minimum absolute atomic E-state index is 0.113. The minimum atomic E-state index is 0.113. The van der Waals surface area contributed by atoms with E-state index in [0.29, 0.717) is 5.91 Å². The van der Waals surface area contributed by atoms with E-state index in [-0.39, 0.29) is 5.92 Å². The summed E-state index contributed by atoms with van der Waals surface area (Å²) in [7, 11) is 0. The zero-order valence-electron chi connectivity index (χ0n) is 16.4. The molecular weight excluding hydrogens is 370 g/mol. The second-order valence-corrected chi connectivity index (χ2v) is 7.77. The molecule has 9 nitrogen and oxygen atoms in total. The second-order valence-electron chi connectivity index (χ2n) is 7.77. The molecule has 3 aromatic rings. The van der Waals surface area contributed by atoms with E-state index in [2.05, 4.69) is 25.1 Å². The van der Waals surface area contributed by atoms with E-state index >= 15 is 0 Å². The zero-order chi connectivity index (χ0) is 19.6. The third kappa shape index (κ3) is 3.82. The fraction of sp³-hybridized carbons (Fsp3) is 0.500. The van der Waals surface area contributed by atoms with Crippen LogP contribution in [0.25, 0.3) is 5.65 Å². The number of anilines is 1. The van der Waals surface area contributed by atoms with Crippen molar-refractivity contribution in [2.75, 3.05) is 44.2 Å². The molecular formula is C20H25N7O2. The normalized spacial score (nSPS) is 19.2. The number of aromatic nitrogens is 4. The van der Waals surface area contributed by atoms with Crippen LogP contribution in [-0.4, -0.2) is 74.8 Å². The van der Waals surface area contributed by atoms with Gasteiger partial charge in [0, 0.05) is 45.2 Å². The number of nitrogens with zero attached hydrogens (tertiary/aromatic N) is 7. The number of furan rings is 1. The fourth-order valence-electron chi connectivity index (χ4n) is 4.25. The van der Waals surface area contributed by atoms with Crippen molar-refractivity contribution in [3.05, 3.63) is 42.6 Å². The fourth-order valence-corrected chi connectivity index (χ4v) is 4.25. The Bertz CT molecular complexity index is 954. The maximum absolute atomic E-state index is 13.0. The molecule has 2 fully saturated rings. The molecule has 1 amide bonds. The lowest BCUT2D eigenvalue weighted by Crippen LogP contribution is -2.51. The van der Waals surface area contributed by atoms with Gasteiger partial charge >= 0.3 is 0 Å². The summed E-state index contributed by atoms with van der Waals surface area (Å²) in [5.74, 6) is 2.32. The molecule has 5 rings (SSSR count). The van der Waals surface area contributed by atoms with E-state index in [1.807, 2.05) is 29.2 Å². The highest BCUT2D eigenvalue weighted by molar-refractivity contribution is 5.79. The number of piperazine rings is 1. The number of hydrogen-bond donors (Lipinski definition) is 0. The van der Waals surface area contributed by atoms with Gasteiger partial charge in [0.2, 0.25) is 5.91 Å². The maximum Gasteiger partial charge on any atom is 0.225 e. The van der Waals surface area contributed by atoms with Crippen molar-refractivity contribution in [3.8, 4) is 0 Å². The molecule has 0 aromatic carbocycles. The van der Waals surface area contributed by atoms with Crippen LogP contribution >= 0.6 is 0 Å². The Morgan fingerprint density at radius 2 is 1.90 bits per heavy atom.